The van der Waals surface area contributed by atoms with Gasteiger partial charge in [0.2, 0.25) is 0 Å². The predicted molar refractivity (Wildman–Crippen MR) is 47.6 cm³/mol. The van der Waals surface area contributed by atoms with Crippen molar-refractivity contribution in [3.8, 4) is 0 Å². The number of hydrazone groups is 1. The molecule has 0 spiro atoms. The molecule has 0 amide bonds. The molecule has 0 saturated carbocycles. The van der Waals surface area contributed by atoms with Gasteiger partial charge in [0.15, 0.2) is 0 Å². The third-order valence-corrected chi connectivity index (χ3v) is 1.56. The lowest BCUT2D eigenvalue weighted by Gasteiger charge is -1.95. The molecule has 0 aliphatic heterocycles. The second-order valence-electron chi connectivity index (χ2n) is 2.17. The van der Waals surface area contributed by atoms with E-state index in [1.165, 1.54) is 0 Å². The normalized spacial score (nSPS) is 11.5. The third kappa shape index (κ3) is 2.60. The molecular weight excluding hydrogens is 160 g/mol. The first-order valence-corrected chi connectivity index (χ1v) is 3.67. The second-order valence-corrected chi connectivity index (χ2v) is 2.60. The summed E-state index contributed by atoms with van der Waals surface area (Å²) in [5.74, 6) is 4.98. The molecule has 0 saturated heterocycles. The van der Waals surface area contributed by atoms with Crippen LogP contribution in [0.4, 0.5) is 0 Å². The van der Waals surface area contributed by atoms with E-state index in [1.54, 1.807) is 0 Å². The van der Waals surface area contributed by atoms with Crippen LogP contribution in [-0.4, -0.2) is 5.17 Å². The van der Waals surface area contributed by atoms with Crippen molar-refractivity contribution in [3.05, 3.63) is 35.9 Å². The van der Waals surface area contributed by atoms with Gasteiger partial charge in [-0.05, 0) is 5.56 Å². The van der Waals surface area contributed by atoms with Gasteiger partial charge in [0, 0.05) is 6.42 Å². The molecule has 0 fully saturated rings. The number of rotatable bonds is 2. The van der Waals surface area contributed by atoms with Crippen molar-refractivity contribution in [1.82, 2.24) is 0 Å². The Kier molecular flexibility index (Phi) is 2.93. The van der Waals surface area contributed by atoms with E-state index >= 15 is 0 Å². The topological polar surface area (TPSA) is 38.4 Å². The first-order chi connectivity index (χ1) is 5.33. The minimum atomic E-state index is 0.427. The summed E-state index contributed by atoms with van der Waals surface area (Å²) in [6, 6.07) is 9.82. The van der Waals surface area contributed by atoms with Crippen LogP contribution in [0.2, 0.25) is 0 Å². The van der Waals surface area contributed by atoms with Crippen LogP contribution in [-0.2, 0) is 6.42 Å². The average Bonchev–Trinajstić information content (AvgIpc) is 2.06. The first kappa shape index (κ1) is 8.08. The molecule has 0 aliphatic rings. The van der Waals surface area contributed by atoms with Gasteiger partial charge in [-0.1, -0.05) is 41.9 Å². The number of nitrogens with zero attached hydrogens (tertiary/aromatic N) is 1. The lowest BCUT2D eigenvalue weighted by atomic mass is 10.2. The van der Waals surface area contributed by atoms with Gasteiger partial charge >= 0.3 is 0 Å². The van der Waals surface area contributed by atoms with Crippen molar-refractivity contribution in [2.75, 3.05) is 0 Å². The molecule has 0 atom stereocenters. The summed E-state index contributed by atoms with van der Waals surface area (Å²) >= 11 is 5.62. The maximum atomic E-state index is 5.62. The Morgan fingerprint density at radius 1 is 1.36 bits per heavy atom. The zero-order valence-corrected chi connectivity index (χ0v) is 6.75. The smallest absolute Gasteiger partial charge is 0.130 e. The Hall–Kier alpha value is -1.02. The molecular formula is C8H9ClN2. The Balaban J connectivity index is 2.65. The quantitative estimate of drug-likeness (QED) is 0.408. The highest BCUT2D eigenvalue weighted by Crippen LogP contribution is 2.02. The Labute approximate surface area is 70.7 Å². The van der Waals surface area contributed by atoms with Crippen molar-refractivity contribution in [2.24, 2.45) is 10.9 Å². The fourth-order valence-electron chi connectivity index (χ4n) is 0.810. The lowest BCUT2D eigenvalue weighted by Crippen LogP contribution is -1.97. The van der Waals surface area contributed by atoms with Gasteiger partial charge in [-0.25, -0.2) is 0 Å². The van der Waals surface area contributed by atoms with Crippen molar-refractivity contribution in [2.45, 2.75) is 6.42 Å². The van der Waals surface area contributed by atoms with Gasteiger partial charge in [0.05, 0.1) is 0 Å². The van der Waals surface area contributed by atoms with E-state index in [9.17, 15) is 0 Å². The van der Waals surface area contributed by atoms with Crippen LogP contribution in [0.3, 0.4) is 0 Å². The standard InChI is InChI=1S/C8H9ClN2/c9-8(11-10)6-7-4-2-1-3-5-7/h1-5H,6,10H2/b11-8+. The van der Waals surface area contributed by atoms with Crippen molar-refractivity contribution in [1.29, 1.82) is 0 Å². The van der Waals surface area contributed by atoms with Crippen LogP contribution in [0.1, 0.15) is 5.56 Å². The molecule has 0 radical (unpaired) electrons. The summed E-state index contributed by atoms with van der Waals surface area (Å²) in [5.41, 5.74) is 1.12. The van der Waals surface area contributed by atoms with E-state index in [0.717, 1.165) is 5.56 Å². The highest BCUT2D eigenvalue weighted by atomic mass is 35.5. The monoisotopic (exact) mass is 168 g/mol. The summed E-state index contributed by atoms with van der Waals surface area (Å²) < 4.78 is 0. The zero-order chi connectivity index (χ0) is 8.10. The van der Waals surface area contributed by atoms with Crippen molar-refractivity contribution < 1.29 is 0 Å². The molecule has 1 rings (SSSR count). The third-order valence-electron chi connectivity index (χ3n) is 1.33. The van der Waals surface area contributed by atoms with Crippen LogP contribution in [0.15, 0.2) is 35.4 Å². The van der Waals surface area contributed by atoms with Crippen molar-refractivity contribution >= 4 is 16.8 Å². The second kappa shape index (κ2) is 3.98. The summed E-state index contributed by atoms with van der Waals surface area (Å²) in [5, 5.41) is 3.79. The molecule has 2 N–H and O–H groups in total. The van der Waals surface area contributed by atoms with Gasteiger partial charge in [-0.2, -0.15) is 5.10 Å². The van der Waals surface area contributed by atoms with E-state index in [0.29, 0.717) is 11.6 Å². The molecule has 1 aromatic carbocycles. The van der Waals surface area contributed by atoms with Crippen LogP contribution in [0.25, 0.3) is 0 Å². The van der Waals surface area contributed by atoms with Gasteiger partial charge in [0.25, 0.3) is 0 Å². The summed E-state index contributed by atoms with van der Waals surface area (Å²) in [6.07, 6.45) is 0.610. The molecule has 58 valence electrons. The Morgan fingerprint density at radius 2 is 2.00 bits per heavy atom. The number of halogens is 1. The van der Waals surface area contributed by atoms with Gasteiger partial charge in [-0.15, -0.1) is 0 Å². The van der Waals surface area contributed by atoms with Gasteiger partial charge < -0.3 is 5.84 Å². The molecule has 0 heterocycles. The highest BCUT2D eigenvalue weighted by Gasteiger charge is 1.94. The van der Waals surface area contributed by atoms with Gasteiger partial charge in [-0.3, -0.25) is 0 Å². The number of nitrogens with two attached hydrogens (primary N) is 1. The summed E-state index contributed by atoms with van der Waals surface area (Å²) in [7, 11) is 0. The molecule has 2 nitrogen and oxygen atoms in total. The zero-order valence-electron chi connectivity index (χ0n) is 6.00. The Morgan fingerprint density at radius 3 is 2.55 bits per heavy atom. The van der Waals surface area contributed by atoms with E-state index in [4.69, 9.17) is 17.4 Å². The number of benzene rings is 1. The fourth-order valence-corrected chi connectivity index (χ4v) is 0.964. The van der Waals surface area contributed by atoms with E-state index in [1.807, 2.05) is 30.3 Å². The molecule has 11 heavy (non-hydrogen) atoms. The molecule has 0 unspecified atom stereocenters. The molecule has 3 heteroatoms. The molecule has 1 aromatic rings. The molecule has 0 bridgehead atoms. The van der Waals surface area contributed by atoms with E-state index in [2.05, 4.69) is 5.10 Å². The van der Waals surface area contributed by atoms with Gasteiger partial charge in [0.1, 0.15) is 5.17 Å². The minimum Gasteiger partial charge on any atom is -0.322 e. The van der Waals surface area contributed by atoms with Crippen LogP contribution < -0.4 is 5.84 Å². The first-order valence-electron chi connectivity index (χ1n) is 3.29. The van der Waals surface area contributed by atoms with Crippen molar-refractivity contribution in [3.63, 3.8) is 0 Å². The molecule has 0 aromatic heterocycles. The number of hydrogen-bond acceptors (Lipinski definition) is 2. The fraction of sp³-hybridized carbons (Fsp3) is 0.125. The maximum Gasteiger partial charge on any atom is 0.130 e. The van der Waals surface area contributed by atoms with E-state index in [-0.39, 0.29) is 0 Å². The van der Waals surface area contributed by atoms with Crippen LogP contribution in [0.5, 0.6) is 0 Å². The number of hydrogen-bond donors (Lipinski definition) is 1. The van der Waals surface area contributed by atoms with Crippen LogP contribution >= 0.6 is 11.6 Å². The molecule has 0 aliphatic carbocycles. The summed E-state index contributed by atoms with van der Waals surface area (Å²) in [4.78, 5) is 0. The predicted octanol–water partition coefficient (Wildman–Crippen LogP) is 1.74. The lowest BCUT2D eigenvalue weighted by molar-refractivity contribution is 1.22. The van der Waals surface area contributed by atoms with E-state index < -0.39 is 0 Å². The minimum absolute atomic E-state index is 0.427. The van der Waals surface area contributed by atoms with Crippen LogP contribution in [0, 0.1) is 0 Å². The Bertz CT molecular complexity index is 244. The largest absolute Gasteiger partial charge is 0.322 e. The average molecular weight is 169 g/mol. The summed E-state index contributed by atoms with van der Waals surface area (Å²) in [6.45, 7) is 0. The highest BCUT2D eigenvalue weighted by molar-refractivity contribution is 6.65. The SMILES string of the molecule is N/N=C(/Cl)Cc1ccccc1. The maximum absolute atomic E-state index is 5.62.